The molecule has 0 amide bonds. The van der Waals surface area contributed by atoms with Crippen molar-refractivity contribution in [1.82, 2.24) is 4.31 Å². The summed E-state index contributed by atoms with van der Waals surface area (Å²) in [6.07, 6.45) is -1.38. The minimum atomic E-state index is -4.36. The summed E-state index contributed by atoms with van der Waals surface area (Å²) in [5, 5.41) is -1.56. The number of ether oxygens (including phenoxy) is 1. The molecule has 180 valence electrons. The largest absolute Gasteiger partial charge is 0.391 e. The second kappa shape index (κ2) is 9.26. The zero-order chi connectivity index (χ0) is 22.4. The van der Waals surface area contributed by atoms with Gasteiger partial charge in [-0.15, -0.1) is 11.6 Å². The predicted octanol–water partition coefficient (Wildman–Crippen LogP) is 5.05. The van der Waals surface area contributed by atoms with Crippen molar-refractivity contribution >= 4 is 21.6 Å². The van der Waals surface area contributed by atoms with E-state index in [1.165, 1.54) is 4.31 Å². The molecule has 0 spiro atoms. The number of fused-ring (bicyclic) bond motifs is 1. The summed E-state index contributed by atoms with van der Waals surface area (Å²) in [5.74, 6) is -1.45. The summed E-state index contributed by atoms with van der Waals surface area (Å²) < 4.78 is 88.3. The first-order valence-electron chi connectivity index (χ1n) is 11.6. The quantitative estimate of drug-likeness (QED) is 0.411. The fourth-order valence-corrected chi connectivity index (χ4v) is 9.06. The van der Waals surface area contributed by atoms with E-state index in [9.17, 15) is 26.0 Å². The van der Waals surface area contributed by atoms with Crippen LogP contribution in [0.1, 0.15) is 64.2 Å². The fourth-order valence-electron chi connectivity index (χ4n) is 6.35. The van der Waals surface area contributed by atoms with Gasteiger partial charge in [-0.25, -0.2) is 12.8 Å². The third-order valence-electron chi connectivity index (χ3n) is 8.02. The van der Waals surface area contributed by atoms with E-state index in [0.29, 0.717) is 19.3 Å². The maximum atomic E-state index is 14.2. The first-order chi connectivity index (χ1) is 14.6. The molecule has 1 aliphatic heterocycles. The molecule has 8 unspecified atom stereocenters. The lowest BCUT2D eigenvalue weighted by Gasteiger charge is -2.49. The van der Waals surface area contributed by atoms with Crippen molar-refractivity contribution in [3.63, 3.8) is 0 Å². The smallest absolute Gasteiger partial charge is 0.375 e. The Bertz CT molecular complexity index is 737. The van der Waals surface area contributed by atoms with Crippen molar-refractivity contribution in [2.24, 2.45) is 17.8 Å². The molecule has 3 aliphatic carbocycles. The molecule has 0 aromatic rings. The Kier molecular flexibility index (Phi) is 7.17. The summed E-state index contributed by atoms with van der Waals surface area (Å²) in [5.41, 5.74) is 0. The van der Waals surface area contributed by atoms with Crippen molar-refractivity contribution in [3.8, 4) is 0 Å². The van der Waals surface area contributed by atoms with Gasteiger partial charge in [-0.05, 0) is 63.2 Å². The third kappa shape index (κ3) is 4.90. The molecule has 4 fully saturated rings. The van der Waals surface area contributed by atoms with Gasteiger partial charge in [0.05, 0.1) is 35.3 Å². The van der Waals surface area contributed by atoms with Gasteiger partial charge in [0.1, 0.15) is 6.17 Å². The van der Waals surface area contributed by atoms with Crippen molar-refractivity contribution in [2.75, 3.05) is 13.2 Å². The van der Waals surface area contributed by atoms with Crippen LogP contribution in [0.25, 0.3) is 0 Å². The monoisotopic (exact) mass is 489 g/mol. The van der Waals surface area contributed by atoms with Crippen LogP contribution in [0, 0.1) is 17.8 Å². The number of alkyl halides is 5. The average Bonchev–Trinajstić information content (AvgIpc) is 2.74. The third-order valence-corrected chi connectivity index (χ3v) is 11.0. The SMILES string of the molecule is O=S(=O)(C1CCCC(C(F)(F)F)C1)N1CCOC2CCC(C3CCCC(F)C3Cl)CC21. The summed E-state index contributed by atoms with van der Waals surface area (Å²) in [4.78, 5) is 0. The van der Waals surface area contributed by atoms with Crippen LogP contribution >= 0.6 is 11.6 Å². The highest BCUT2D eigenvalue weighted by Gasteiger charge is 2.51. The van der Waals surface area contributed by atoms with Gasteiger partial charge >= 0.3 is 6.18 Å². The molecule has 10 heteroatoms. The average molecular weight is 490 g/mol. The van der Waals surface area contributed by atoms with Crippen LogP contribution in [0.4, 0.5) is 17.6 Å². The van der Waals surface area contributed by atoms with Crippen LogP contribution in [0.15, 0.2) is 0 Å². The van der Waals surface area contributed by atoms with Gasteiger partial charge in [-0.1, -0.05) is 12.8 Å². The van der Waals surface area contributed by atoms with Crippen molar-refractivity contribution in [3.05, 3.63) is 0 Å². The molecule has 0 aromatic carbocycles. The van der Waals surface area contributed by atoms with E-state index in [0.717, 1.165) is 19.3 Å². The van der Waals surface area contributed by atoms with Crippen molar-refractivity contribution < 1.29 is 30.7 Å². The summed E-state index contributed by atoms with van der Waals surface area (Å²) in [6.45, 7) is 0.429. The van der Waals surface area contributed by atoms with E-state index >= 15 is 0 Å². The Hall–Kier alpha value is -0.120. The van der Waals surface area contributed by atoms with Gasteiger partial charge in [0.15, 0.2) is 0 Å². The first-order valence-corrected chi connectivity index (χ1v) is 13.5. The number of hydrogen-bond donors (Lipinski definition) is 0. The van der Waals surface area contributed by atoms with Crippen molar-refractivity contribution in [1.29, 1.82) is 0 Å². The molecular weight excluding hydrogens is 458 g/mol. The van der Waals surface area contributed by atoms with Gasteiger partial charge in [-0.3, -0.25) is 0 Å². The molecule has 1 saturated heterocycles. The van der Waals surface area contributed by atoms with Gasteiger partial charge in [0.2, 0.25) is 10.0 Å². The standard InChI is InChI=1S/C21H32ClF4NO3S/c22-20-16(5-2-6-17(20)23)13-7-8-19-18(11-13)27(9-10-30-19)31(28,29)15-4-1-3-14(12-15)21(24,25)26/h13-20H,1-12H2. The predicted molar refractivity (Wildman–Crippen MR) is 110 cm³/mol. The van der Waals surface area contributed by atoms with E-state index in [-0.39, 0.29) is 56.8 Å². The number of halogens is 5. The van der Waals surface area contributed by atoms with Gasteiger partial charge in [-0.2, -0.15) is 17.5 Å². The van der Waals surface area contributed by atoms with Crippen molar-refractivity contribution in [2.45, 2.75) is 99.3 Å². The molecule has 8 atom stereocenters. The highest BCUT2D eigenvalue weighted by molar-refractivity contribution is 7.89. The van der Waals surface area contributed by atoms with Gasteiger partial charge in [0.25, 0.3) is 0 Å². The van der Waals surface area contributed by atoms with Gasteiger partial charge < -0.3 is 4.74 Å². The fraction of sp³-hybridized carbons (Fsp3) is 1.00. The number of hydrogen-bond acceptors (Lipinski definition) is 3. The normalized spacial score (nSPS) is 43.4. The number of nitrogens with zero attached hydrogens (tertiary/aromatic N) is 1. The second-order valence-corrected chi connectivity index (χ2v) is 12.5. The maximum absolute atomic E-state index is 14.2. The Balaban J connectivity index is 1.51. The van der Waals surface area contributed by atoms with Crippen LogP contribution < -0.4 is 0 Å². The molecule has 4 nitrogen and oxygen atoms in total. The van der Waals surface area contributed by atoms with Crippen LogP contribution in [0.2, 0.25) is 0 Å². The lowest BCUT2D eigenvalue weighted by molar-refractivity contribution is -0.181. The number of rotatable bonds is 3. The summed E-state index contributed by atoms with van der Waals surface area (Å²) >= 11 is 6.40. The van der Waals surface area contributed by atoms with Crippen LogP contribution in [0.5, 0.6) is 0 Å². The maximum Gasteiger partial charge on any atom is 0.391 e. The van der Waals surface area contributed by atoms with Crippen LogP contribution in [0.3, 0.4) is 0 Å². The van der Waals surface area contributed by atoms with Crippen LogP contribution in [-0.4, -0.2) is 61.0 Å². The Morgan fingerprint density at radius 1 is 0.968 bits per heavy atom. The molecule has 1 heterocycles. The Morgan fingerprint density at radius 3 is 2.45 bits per heavy atom. The molecule has 0 radical (unpaired) electrons. The minimum Gasteiger partial charge on any atom is -0.375 e. The molecule has 0 bridgehead atoms. The molecule has 3 saturated carbocycles. The number of morpholine rings is 1. The molecule has 0 N–H and O–H groups in total. The zero-order valence-electron chi connectivity index (χ0n) is 17.6. The van der Waals surface area contributed by atoms with E-state index < -0.39 is 45.0 Å². The molecule has 31 heavy (non-hydrogen) atoms. The lowest BCUT2D eigenvalue weighted by atomic mass is 9.70. The van der Waals surface area contributed by atoms with E-state index in [4.69, 9.17) is 16.3 Å². The lowest BCUT2D eigenvalue weighted by Crippen LogP contribution is -2.59. The van der Waals surface area contributed by atoms with Crippen LogP contribution in [-0.2, 0) is 14.8 Å². The highest BCUT2D eigenvalue weighted by Crippen LogP contribution is 2.46. The number of sulfonamides is 1. The Labute approximate surface area is 187 Å². The van der Waals surface area contributed by atoms with E-state index in [1.54, 1.807) is 0 Å². The highest BCUT2D eigenvalue weighted by atomic mass is 35.5. The first kappa shape index (κ1) is 24.0. The molecule has 4 rings (SSSR count). The molecule has 0 aromatic heterocycles. The minimum absolute atomic E-state index is 0.00198. The summed E-state index contributed by atoms with van der Waals surface area (Å²) in [6, 6.07) is -0.396. The second-order valence-electron chi connectivity index (χ2n) is 9.79. The summed E-state index contributed by atoms with van der Waals surface area (Å²) in [7, 11) is -3.88. The Morgan fingerprint density at radius 2 is 1.71 bits per heavy atom. The molecular formula is C21H32ClF4NO3S. The van der Waals surface area contributed by atoms with Gasteiger partial charge in [0, 0.05) is 6.54 Å². The molecule has 4 aliphatic rings. The zero-order valence-corrected chi connectivity index (χ0v) is 19.1. The van der Waals surface area contributed by atoms with E-state index in [2.05, 4.69) is 0 Å². The van der Waals surface area contributed by atoms with E-state index in [1.807, 2.05) is 0 Å². The topological polar surface area (TPSA) is 46.6 Å².